The molecule has 2 aliphatic rings. The van der Waals surface area contributed by atoms with Gasteiger partial charge in [0.2, 0.25) is 0 Å². The first-order valence-electron chi connectivity index (χ1n) is 14.4. The number of halogens is 6. The highest BCUT2D eigenvalue weighted by Crippen LogP contribution is 2.56. The highest BCUT2D eigenvalue weighted by Gasteiger charge is 2.71. The molecule has 0 aromatic heterocycles. The Morgan fingerprint density at radius 2 is 1.36 bits per heavy atom. The van der Waals surface area contributed by atoms with E-state index in [1.54, 1.807) is 0 Å². The van der Waals surface area contributed by atoms with Crippen LogP contribution in [-0.2, 0) is 5.75 Å². The third-order valence-corrected chi connectivity index (χ3v) is 10.2. The van der Waals surface area contributed by atoms with Crippen molar-refractivity contribution in [1.29, 1.82) is 0 Å². The Kier molecular flexibility index (Phi) is 13.9. The summed E-state index contributed by atoms with van der Waals surface area (Å²) in [5, 5.41) is -2.74. The molecule has 1 nitrogen and oxygen atoms in total. The van der Waals surface area contributed by atoms with E-state index in [-0.39, 0.29) is 29.4 Å². The van der Waals surface area contributed by atoms with Gasteiger partial charge < -0.3 is 5.11 Å². The zero-order valence-corrected chi connectivity index (χ0v) is 25.5. The quantitative estimate of drug-likeness (QED) is 0.241. The fourth-order valence-electron chi connectivity index (χ4n) is 6.20. The van der Waals surface area contributed by atoms with Gasteiger partial charge in [-0.3, -0.25) is 0 Å². The first-order chi connectivity index (χ1) is 18.5. The topological polar surface area (TPSA) is 20.2 Å². The molecule has 1 aromatic carbocycles. The largest absolute Gasteiger partial charge is 0.400 e. The van der Waals surface area contributed by atoms with Gasteiger partial charge in [0.05, 0.1) is 0 Å². The molecule has 226 valence electrons. The number of alkyl halides is 6. The van der Waals surface area contributed by atoms with E-state index < -0.39 is 28.2 Å². The predicted molar refractivity (Wildman–Crippen MR) is 154 cm³/mol. The van der Waals surface area contributed by atoms with Crippen LogP contribution >= 0.6 is 23.5 Å². The fourth-order valence-corrected chi connectivity index (χ4v) is 7.62. The Morgan fingerprint density at radius 3 is 1.85 bits per heavy atom. The van der Waals surface area contributed by atoms with Crippen LogP contribution in [0.5, 0.6) is 0 Å². The van der Waals surface area contributed by atoms with Gasteiger partial charge in [0.25, 0.3) is 0 Å². The summed E-state index contributed by atoms with van der Waals surface area (Å²) in [5.74, 6) is -5.08. The predicted octanol–water partition coefficient (Wildman–Crippen LogP) is 11.1. The number of benzene rings is 1. The van der Waals surface area contributed by atoms with E-state index in [2.05, 4.69) is 26.0 Å². The Bertz CT molecular complexity index is 841. The number of thioether (sulfide) groups is 2. The minimum Gasteiger partial charge on any atom is -0.400 e. The standard InChI is InChI=1S/C29H42F6S2.CH4O/c1-4-12-20(5-2)24-17-23(21-13-8-6-9-14-21)18-25(22-15-10-7-11-16-22)26(24)19-37-29(34,35)27(30,31)28(32,33)36-3;1-2/h17-18,20-22H,4-16,19H2,1-3H3;2H,1H3. The maximum absolute atomic E-state index is 14.8. The number of rotatable bonds is 12. The summed E-state index contributed by atoms with van der Waals surface area (Å²) in [7, 11) is 1.00. The Hall–Kier alpha value is -0.540. The second-order valence-electron chi connectivity index (χ2n) is 10.8. The second kappa shape index (κ2) is 15.6. The van der Waals surface area contributed by atoms with Crippen molar-refractivity contribution in [1.82, 2.24) is 0 Å². The van der Waals surface area contributed by atoms with Crippen LogP contribution in [0.2, 0.25) is 0 Å². The molecule has 9 heteroatoms. The van der Waals surface area contributed by atoms with Crippen LogP contribution in [-0.4, -0.2) is 34.9 Å². The van der Waals surface area contributed by atoms with Crippen molar-refractivity contribution in [3.63, 3.8) is 0 Å². The molecule has 0 spiro atoms. The van der Waals surface area contributed by atoms with Crippen LogP contribution in [0, 0.1) is 0 Å². The van der Waals surface area contributed by atoms with E-state index in [0.717, 1.165) is 88.7 Å². The summed E-state index contributed by atoms with van der Waals surface area (Å²) in [6.45, 7) is 4.16. The van der Waals surface area contributed by atoms with Crippen LogP contribution in [0.15, 0.2) is 12.1 Å². The van der Waals surface area contributed by atoms with E-state index in [1.807, 2.05) is 0 Å². The van der Waals surface area contributed by atoms with Crippen LogP contribution in [0.3, 0.4) is 0 Å². The van der Waals surface area contributed by atoms with Crippen molar-refractivity contribution < 1.29 is 31.4 Å². The van der Waals surface area contributed by atoms with E-state index in [0.29, 0.717) is 11.5 Å². The monoisotopic (exact) mass is 600 g/mol. The summed E-state index contributed by atoms with van der Waals surface area (Å²) in [4.78, 5) is 0. The van der Waals surface area contributed by atoms with Crippen LogP contribution in [0.1, 0.15) is 137 Å². The van der Waals surface area contributed by atoms with Crippen molar-refractivity contribution in [3.8, 4) is 0 Å². The Labute approximate surface area is 239 Å². The molecule has 1 N–H and O–H groups in total. The minimum absolute atomic E-state index is 0.133. The second-order valence-corrected chi connectivity index (χ2v) is 12.9. The third kappa shape index (κ3) is 8.27. The maximum Gasteiger partial charge on any atom is 0.391 e. The molecule has 3 rings (SSSR count). The van der Waals surface area contributed by atoms with Gasteiger partial charge in [0.1, 0.15) is 0 Å². The minimum atomic E-state index is -5.45. The first kappa shape index (κ1) is 34.7. The first-order valence-corrected chi connectivity index (χ1v) is 16.6. The third-order valence-electron chi connectivity index (χ3n) is 8.42. The number of aliphatic hydroxyl groups excluding tert-OH is 1. The summed E-state index contributed by atoms with van der Waals surface area (Å²) in [6, 6.07) is 4.34. The molecule has 0 saturated heterocycles. The zero-order chi connectivity index (χ0) is 29.3. The van der Waals surface area contributed by atoms with Crippen LogP contribution in [0.4, 0.5) is 26.3 Å². The fraction of sp³-hybridized carbons (Fsp3) is 0.800. The Morgan fingerprint density at radius 1 is 0.821 bits per heavy atom. The van der Waals surface area contributed by atoms with Gasteiger partial charge in [-0.05, 0) is 84.8 Å². The molecule has 0 bridgehead atoms. The van der Waals surface area contributed by atoms with Gasteiger partial charge in [-0.15, -0.1) is 0 Å². The molecule has 39 heavy (non-hydrogen) atoms. The van der Waals surface area contributed by atoms with Crippen LogP contribution < -0.4 is 0 Å². The SMILES string of the molecule is CCCC(CC)c1cc(C2CCCCC2)cc(C2CCCCC2)c1CSC(F)(F)C(F)(F)C(F)(F)SC.CO. The summed E-state index contributed by atoms with van der Waals surface area (Å²) in [5.41, 5.74) is 3.94. The van der Waals surface area contributed by atoms with Crippen molar-refractivity contribution >= 4 is 23.5 Å². The average molecular weight is 601 g/mol. The lowest BCUT2D eigenvalue weighted by atomic mass is 9.75. The van der Waals surface area contributed by atoms with Crippen molar-refractivity contribution in [2.75, 3.05) is 13.4 Å². The van der Waals surface area contributed by atoms with Gasteiger partial charge in [0, 0.05) is 12.9 Å². The maximum atomic E-state index is 14.8. The number of aliphatic hydroxyl groups is 1. The molecule has 1 aromatic rings. The highest BCUT2D eigenvalue weighted by molar-refractivity contribution is 8.00. The Balaban J connectivity index is 0.00000260. The molecule has 0 aliphatic heterocycles. The molecule has 0 radical (unpaired) electrons. The van der Waals surface area contributed by atoms with Gasteiger partial charge in [0.15, 0.2) is 0 Å². The number of hydrogen-bond donors (Lipinski definition) is 1. The molecule has 0 heterocycles. The molecule has 2 aliphatic carbocycles. The summed E-state index contributed by atoms with van der Waals surface area (Å²) < 4.78 is 86.0. The molecule has 0 amide bonds. The van der Waals surface area contributed by atoms with Crippen molar-refractivity contribution in [3.05, 3.63) is 34.4 Å². The smallest absolute Gasteiger partial charge is 0.391 e. The van der Waals surface area contributed by atoms with Crippen molar-refractivity contribution in [2.45, 2.75) is 137 Å². The average Bonchev–Trinajstić information content (AvgIpc) is 2.96. The summed E-state index contributed by atoms with van der Waals surface area (Å²) in [6.07, 6.45) is 14.3. The van der Waals surface area contributed by atoms with Gasteiger partial charge in [-0.2, -0.15) is 26.3 Å². The normalized spacial score (nSPS) is 18.9. The van der Waals surface area contributed by atoms with Crippen molar-refractivity contribution in [2.24, 2.45) is 0 Å². The van der Waals surface area contributed by atoms with Gasteiger partial charge >= 0.3 is 16.4 Å². The van der Waals surface area contributed by atoms with Gasteiger partial charge in [-0.25, -0.2) is 0 Å². The molecule has 2 saturated carbocycles. The van der Waals surface area contributed by atoms with Gasteiger partial charge in [-0.1, -0.05) is 94.4 Å². The van der Waals surface area contributed by atoms with Crippen LogP contribution in [0.25, 0.3) is 0 Å². The lowest BCUT2D eigenvalue weighted by Crippen LogP contribution is -2.50. The van der Waals surface area contributed by atoms with E-state index >= 15 is 0 Å². The molecular formula is C30H46F6OS2. The zero-order valence-electron chi connectivity index (χ0n) is 23.8. The van der Waals surface area contributed by atoms with E-state index in [1.165, 1.54) is 24.8 Å². The molecule has 1 atom stereocenters. The lowest BCUT2D eigenvalue weighted by molar-refractivity contribution is -0.237. The number of hydrogen-bond acceptors (Lipinski definition) is 3. The van der Waals surface area contributed by atoms with E-state index in [4.69, 9.17) is 5.11 Å². The van der Waals surface area contributed by atoms with E-state index in [9.17, 15) is 26.3 Å². The molecule has 2 fully saturated rings. The molecular weight excluding hydrogens is 554 g/mol. The summed E-state index contributed by atoms with van der Waals surface area (Å²) >= 11 is -0.848. The highest BCUT2D eigenvalue weighted by atomic mass is 32.2. The molecule has 1 unspecified atom stereocenters. The lowest BCUT2D eigenvalue weighted by Gasteiger charge is -2.33.